The van der Waals surface area contributed by atoms with E-state index < -0.39 is 19.9 Å². The molecule has 1 aliphatic rings. The summed E-state index contributed by atoms with van der Waals surface area (Å²) in [5.74, 6) is -0.137. The zero-order valence-corrected chi connectivity index (χ0v) is 19.7. The van der Waals surface area contributed by atoms with Gasteiger partial charge in [-0.05, 0) is 54.0 Å². The second kappa shape index (κ2) is 8.81. The summed E-state index contributed by atoms with van der Waals surface area (Å²) >= 11 is 0. The van der Waals surface area contributed by atoms with E-state index in [1.807, 2.05) is 27.7 Å². The predicted molar refractivity (Wildman–Crippen MR) is 119 cm³/mol. The summed E-state index contributed by atoms with van der Waals surface area (Å²) in [4.78, 5) is 0.305. The molecule has 5 nitrogen and oxygen atoms in total. The predicted octanol–water partition coefficient (Wildman–Crippen LogP) is 4.99. The van der Waals surface area contributed by atoms with Gasteiger partial charge in [-0.15, -0.1) is 0 Å². The Bertz CT molecular complexity index is 1100. The molecule has 0 aromatic heterocycles. The Morgan fingerprint density at radius 3 is 1.87 bits per heavy atom. The monoisotopic (exact) mass is 449 g/mol. The van der Waals surface area contributed by atoms with Crippen LogP contribution in [0.5, 0.6) is 0 Å². The fourth-order valence-electron chi connectivity index (χ4n) is 4.02. The van der Waals surface area contributed by atoms with Crippen LogP contribution in [0.3, 0.4) is 0 Å². The molecule has 0 bridgehead atoms. The minimum absolute atomic E-state index is 0.0638. The lowest BCUT2D eigenvalue weighted by Gasteiger charge is -2.22. The second-order valence-electron chi connectivity index (χ2n) is 8.66. The van der Waals surface area contributed by atoms with Crippen molar-refractivity contribution in [2.24, 2.45) is 0 Å². The molecule has 0 aliphatic heterocycles. The molecule has 7 heteroatoms. The zero-order chi connectivity index (χ0) is 22.1. The quantitative estimate of drug-likeness (QED) is 0.646. The number of hydrogen-bond acceptors (Lipinski definition) is 4. The smallest absolute Gasteiger partial charge is 0.219 e. The van der Waals surface area contributed by atoms with Crippen molar-refractivity contribution in [2.75, 3.05) is 0 Å². The third-order valence-electron chi connectivity index (χ3n) is 5.70. The van der Waals surface area contributed by atoms with Gasteiger partial charge in [0.1, 0.15) is 0 Å². The van der Waals surface area contributed by atoms with Gasteiger partial charge < -0.3 is 0 Å². The Balaban J connectivity index is 2.23. The first kappa shape index (κ1) is 23.0. The molecule has 0 spiro atoms. The van der Waals surface area contributed by atoms with Crippen LogP contribution in [0.25, 0.3) is 0 Å². The molecule has 1 N–H and O–H groups in total. The molecule has 0 radical (unpaired) electrons. The van der Waals surface area contributed by atoms with E-state index in [-0.39, 0.29) is 32.6 Å². The minimum Gasteiger partial charge on any atom is -0.219 e. The second-order valence-corrected chi connectivity index (χ2v) is 12.3. The fourth-order valence-corrected chi connectivity index (χ4v) is 7.42. The Morgan fingerprint density at radius 1 is 0.800 bits per heavy atom. The van der Waals surface area contributed by atoms with Crippen LogP contribution >= 0.6 is 0 Å². The number of benzene rings is 2. The fraction of sp³-hybridized carbons (Fsp3) is 0.478. The molecule has 30 heavy (non-hydrogen) atoms. The maximum absolute atomic E-state index is 13.4. The highest BCUT2D eigenvalue weighted by atomic mass is 32.2. The molecular weight excluding hydrogens is 418 g/mol. The van der Waals surface area contributed by atoms with E-state index in [2.05, 4.69) is 4.72 Å². The largest absolute Gasteiger partial charge is 0.241 e. The average Bonchev–Trinajstić information content (AvgIpc) is 3.19. The van der Waals surface area contributed by atoms with Crippen LogP contribution in [0.4, 0.5) is 0 Å². The molecule has 0 saturated heterocycles. The molecule has 2 aromatic carbocycles. The number of hydrogen-bond donors (Lipinski definition) is 1. The summed E-state index contributed by atoms with van der Waals surface area (Å²) < 4.78 is 56.3. The third kappa shape index (κ3) is 4.63. The summed E-state index contributed by atoms with van der Waals surface area (Å²) in [6, 6.07) is 11.2. The van der Waals surface area contributed by atoms with Crippen LogP contribution in [-0.4, -0.2) is 22.9 Å². The maximum Gasteiger partial charge on any atom is 0.241 e. The highest BCUT2D eigenvalue weighted by molar-refractivity contribution is 7.91. The van der Waals surface area contributed by atoms with Crippen molar-refractivity contribution in [1.29, 1.82) is 0 Å². The van der Waals surface area contributed by atoms with Crippen molar-refractivity contribution in [3.8, 4) is 0 Å². The molecule has 0 unspecified atom stereocenters. The van der Waals surface area contributed by atoms with Crippen LogP contribution in [0, 0.1) is 0 Å². The minimum atomic E-state index is -3.86. The first-order chi connectivity index (χ1) is 14.0. The molecule has 2 aromatic rings. The molecule has 0 amide bonds. The normalized spacial score (nSPS) is 15.9. The van der Waals surface area contributed by atoms with Crippen molar-refractivity contribution in [1.82, 2.24) is 4.72 Å². The first-order valence-electron chi connectivity index (χ1n) is 10.5. The van der Waals surface area contributed by atoms with E-state index in [0.29, 0.717) is 11.1 Å². The van der Waals surface area contributed by atoms with Gasteiger partial charge in [-0.1, -0.05) is 64.8 Å². The first-order valence-corrected chi connectivity index (χ1v) is 13.5. The molecule has 1 saturated carbocycles. The van der Waals surface area contributed by atoms with Crippen molar-refractivity contribution in [3.63, 3.8) is 0 Å². The maximum atomic E-state index is 13.4. The molecule has 0 heterocycles. The summed E-state index contributed by atoms with van der Waals surface area (Å²) in [6.07, 6.45) is 3.64. The number of rotatable bonds is 7. The van der Waals surface area contributed by atoms with Gasteiger partial charge in [0.25, 0.3) is 0 Å². The SMILES string of the molecule is CC(C)c1cc(C(C)C)c(S(=O)(=O)c2ccccc2)cc1S(=O)(=O)NC1CCCC1. The van der Waals surface area contributed by atoms with Gasteiger partial charge in [-0.2, -0.15) is 0 Å². The van der Waals surface area contributed by atoms with E-state index in [1.54, 1.807) is 36.4 Å². The van der Waals surface area contributed by atoms with Gasteiger partial charge in [0.2, 0.25) is 19.9 Å². The highest BCUT2D eigenvalue weighted by Crippen LogP contribution is 2.36. The summed E-state index contributed by atoms with van der Waals surface area (Å²) in [6.45, 7) is 7.71. The van der Waals surface area contributed by atoms with E-state index in [4.69, 9.17) is 0 Å². The Labute approximate surface area is 180 Å². The van der Waals surface area contributed by atoms with Gasteiger partial charge in [0.15, 0.2) is 0 Å². The van der Waals surface area contributed by atoms with Crippen LogP contribution in [-0.2, 0) is 19.9 Å². The third-order valence-corrected chi connectivity index (χ3v) is 9.10. The van der Waals surface area contributed by atoms with Crippen molar-refractivity contribution in [2.45, 2.75) is 85.9 Å². The van der Waals surface area contributed by atoms with Gasteiger partial charge in [-0.3, -0.25) is 0 Å². The Hall–Kier alpha value is -1.70. The molecule has 1 fully saturated rings. The zero-order valence-electron chi connectivity index (χ0n) is 18.1. The topological polar surface area (TPSA) is 80.3 Å². The van der Waals surface area contributed by atoms with Crippen LogP contribution < -0.4 is 4.72 Å². The van der Waals surface area contributed by atoms with Crippen molar-refractivity contribution >= 4 is 19.9 Å². The molecule has 3 rings (SSSR count). The van der Waals surface area contributed by atoms with Gasteiger partial charge >= 0.3 is 0 Å². The van der Waals surface area contributed by atoms with Crippen molar-refractivity contribution < 1.29 is 16.8 Å². The van der Waals surface area contributed by atoms with Crippen LogP contribution in [0.1, 0.15) is 76.3 Å². The summed E-state index contributed by atoms with van der Waals surface area (Å²) in [5, 5.41) is 0. The van der Waals surface area contributed by atoms with Gasteiger partial charge in [0.05, 0.1) is 14.7 Å². The average molecular weight is 450 g/mol. The lowest BCUT2D eigenvalue weighted by atomic mass is 9.95. The molecule has 164 valence electrons. The molecular formula is C23H31NO4S2. The van der Waals surface area contributed by atoms with E-state index in [1.165, 1.54) is 6.07 Å². The summed E-state index contributed by atoms with van der Waals surface area (Å²) in [7, 11) is -7.70. The molecule has 0 atom stereocenters. The Kier molecular flexibility index (Phi) is 6.75. The number of sulfonamides is 1. The van der Waals surface area contributed by atoms with Crippen LogP contribution in [0.15, 0.2) is 57.2 Å². The summed E-state index contributed by atoms with van der Waals surface area (Å²) in [5.41, 5.74) is 1.29. The lowest BCUT2D eigenvalue weighted by Crippen LogP contribution is -2.33. The van der Waals surface area contributed by atoms with E-state index >= 15 is 0 Å². The van der Waals surface area contributed by atoms with Gasteiger partial charge in [-0.25, -0.2) is 21.6 Å². The van der Waals surface area contributed by atoms with E-state index in [0.717, 1.165) is 25.7 Å². The number of sulfone groups is 1. The van der Waals surface area contributed by atoms with Gasteiger partial charge in [0, 0.05) is 6.04 Å². The lowest BCUT2D eigenvalue weighted by molar-refractivity contribution is 0.549. The van der Waals surface area contributed by atoms with E-state index in [9.17, 15) is 16.8 Å². The Morgan fingerprint density at radius 2 is 1.33 bits per heavy atom. The number of nitrogens with one attached hydrogen (secondary N) is 1. The highest BCUT2D eigenvalue weighted by Gasteiger charge is 2.31. The molecule has 1 aliphatic carbocycles. The van der Waals surface area contributed by atoms with Crippen molar-refractivity contribution in [3.05, 3.63) is 53.6 Å². The van der Waals surface area contributed by atoms with Crippen LogP contribution in [0.2, 0.25) is 0 Å². The standard InChI is InChI=1S/C23H31NO4S2/c1-16(2)20-14-21(17(3)4)23(30(27,28)24-18-10-8-9-11-18)15-22(20)29(25,26)19-12-6-5-7-13-19/h5-7,12-18,24H,8-11H2,1-4H3.